The molecule has 4 heterocycles. The minimum atomic E-state index is -2.40. The molecule has 292 valence electrons. The number of carboxylic acids is 4. The summed E-state index contributed by atoms with van der Waals surface area (Å²) >= 11 is 0. The van der Waals surface area contributed by atoms with E-state index in [1.54, 1.807) is 0 Å². The van der Waals surface area contributed by atoms with Crippen LogP contribution in [0.15, 0.2) is 0 Å². The van der Waals surface area contributed by atoms with E-state index in [1.807, 2.05) is 0 Å². The number of ether oxygens (including phenoxy) is 9. The molecule has 4 saturated heterocycles. The van der Waals surface area contributed by atoms with Gasteiger partial charge in [-0.05, 0) is 0 Å². The molecule has 7 unspecified atom stereocenters. The van der Waals surface area contributed by atoms with Gasteiger partial charge in [-0.2, -0.15) is 0 Å². The fraction of sp³-hybridized carbons (Fsp3) is 0.846. The van der Waals surface area contributed by atoms with E-state index in [9.17, 15) is 80.5 Å². The molecule has 4 aliphatic heterocycles. The Kier molecular flexibility index (Phi) is 13.2. The number of hydrogen-bond acceptors (Lipinski definition) is 21. The van der Waals surface area contributed by atoms with Crippen LogP contribution in [0.25, 0.3) is 0 Å². The van der Waals surface area contributed by atoms with E-state index < -0.39 is 147 Å². The second-order valence-corrected chi connectivity index (χ2v) is 11.7. The van der Waals surface area contributed by atoms with Crippen LogP contribution in [0.4, 0.5) is 0 Å². The van der Waals surface area contributed by atoms with Crippen molar-refractivity contribution in [1.82, 2.24) is 0 Å². The molecule has 0 bridgehead atoms. The van der Waals surface area contributed by atoms with Crippen LogP contribution in [-0.2, 0) is 61.8 Å². The number of aliphatic hydroxyl groups excluding tert-OH is 8. The minimum absolute atomic E-state index is 1.000. The smallest absolute Gasteiger partial charge is 0.335 e. The average molecular weight is 751 g/mol. The highest BCUT2D eigenvalue weighted by Crippen LogP contribution is 2.35. The van der Waals surface area contributed by atoms with E-state index in [2.05, 4.69) is 0 Å². The predicted octanol–water partition coefficient (Wildman–Crippen LogP) is -8.07. The average Bonchev–Trinajstić information content (AvgIpc) is 3.07. The van der Waals surface area contributed by atoms with Crippen LogP contribution in [0, 0.1) is 0 Å². The van der Waals surface area contributed by atoms with E-state index in [4.69, 9.17) is 42.6 Å². The highest BCUT2D eigenvalue weighted by molar-refractivity contribution is 5.75. The summed E-state index contributed by atoms with van der Waals surface area (Å²) in [6, 6.07) is 0. The van der Waals surface area contributed by atoms with Gasteiger partial charge in [-0.1, -0.05) is 0 Å². The first-order valence-corrected chi connectivity index (χ1v) is 14.9. The minimum Gasteiger partial charge on any atom is -0.479 e. The van der Waals surface area contributed by atoms with Crippen molar-refractivity contribution in [1.29, 1.82) is 0 Å². The van der Waals surface area contributed by atoms with Crippen molar-refractivity contribution in [2.75, 3.05) is 14.2 Å². The lowest BCUT2D eigenvalue weighted by Gasteiger charge is -2.48. The normalized spacial score (nSPS) is 47.7. The summed E-state index contributed by atoms with van der Waals surface area (Å²) in [7, 11) is 2.02. The van der Waals surface area contributed by atoms with Crippen LogP contribution in [0.5, 0.6) is 0 Å². The SMILES string of the molecule is CO[C@@H]1O[C@@H](C(=O)O)[C@@H](O[C@@H]2OC(C(=O)O)[C@@H](O[C@@H]3O[C@@H](C(=O)O)[C@@H](O[C@@H]4OC(C(=O)O)[C@@H](OC)[C@@H](O)C4O)C(O)C3O)[C@H](O)C2O)C(O)[C@H]1O. The molecule has 25 nitrogen and oxygen atoms in total. The monoisotopic (exact) mass is 750 g/mol. The van der Waals surface area contributed by atoms with Gasteiger partial charge in [0, 0.05) is 14.2 Å². The first kappa shape index (κ1) is 41.0. The van der Waals surface area contributed by atoms with Crippen LogP contribution >= 0.6 is 0 Å². The maximum Gasteiger partial charge on any atom is 0.335 e. The fourth-order valence-corrected chi connectivity index (χ4v) is 5.86. The van der Waals surface area contributed by atoms with Crippen LogP contribution in [0.1, 0.15) is 0 Å². The molecule has 20 atom stereocenters. The molecule has 0 aromatic heterocycles. The third-order valence-corrected chi connectivity index (χ3v) is 8.53. The number of methoxy groups -OCH3 is 2. The van der Waals surface area contributed by atoms with Gasteiger partial charge in [-0.15, -0.1) is 0 Å². The van der Waals surface area contributed by atoms with Gasteiger partial charge in [-0.25, -0.2) is 19.2 Å². The van der Waals surface area contributed by atoms with Crippen molar-refractivity contribution in [3.8, 4) is 0 Å². The third-order valence-electron chi connectivity index (χ3n) is 8.53. The molecule has 0 aromatic carbocycles. The van der Waals surface area contributed by atoms with Gasteiger partial charge in [0.15, 0.2) is 49.6 Å². The Hall–Kier alpha value is -2.80. The van der Waals surface area contributed by atoms with Crippen LogP contribution in [0.2, 0.25) is 0 Å². The Labute approximate surface area is 284 Å². The van der Waals surface area contributed by atoms with Crippen molar-refractivity contribution < 1.29 is 123 Å². The zero-order valence-corrected chi connectivity index (χ0v) is 26.2. The summed E-state index contributed by atoms with van der Waals surface area (Å²) < 4.78 is 46.0. The molecule has 4 rings (SSSR count). The second-order valence-electron chi connectivity index (χ2n) is 11.7. The summed E-state index contributed by atoms with van der Waals surface area (Å²) in [5.74, 6) is -7.32. The molecule has 0 amide bonds. The number of aliphatic hydroxyl groups is 8. The van der Waals surface area contributed by atoms with E-state index in [1.165, 1.54) is 0 Å². The Balaban J connectivity index is 1.51. The quantitative estimate of drug-likeness (QED) is 0.0881. The van der Waals surface area contributed by atoms with E-state index in [0.29, 0.717) is 0 Å². The first-order chi connectivity index (χ1) is 23.9. The van der Waals surface area contributed by atoms with E-state index >= 15 is 0 Å². The summed E-state index contributed by atoms with van der Waals surface area (Å²) in [6.45, 7) is 0. The van der Waals surface area contributed by atoms with Gasteiger partial charge in [0.2, 0.25) is 0 Å². The zero-order chi connectivity index (χ0) is 38.2. The molecule has 0 aromatic rings. The van der Waals surface area contributed by atoms with Gasteiger partial charge in [0.1, 0.15) is 73.2 Å². The number of carbonyl (C=O) groups is 4. The van der Waals surface area contributed by atoms with Crippen LogP contribution in [-0.4, -0.2) is 222 Å². The van der Waals surface area contributed by atoms with Crippen molar-refractivity contribution in [2.24, 2.45) is 0 Å². The molecular weight excluding hydrogens is 712 g/mol. The van der Waals surface area contributed by atoms with Crippen molar-refractivity contribution in [2.45, 2.75) is 123 Å². The van der Waals surface area contributed by atoms with Crippen LogP contribution < -0.4 is 0 Å². The standard InChI is InChI=1S/C26H38O25/c1-43-11-3(27)8(32)24(49-15(11)19(35)36)46-13-5(29)10(34)26(51-17(13)21(39)40)47-14-6(30)9(33)25(50-18(14)22(41)42)45-12-4(28)7(31)23(44-2)48-16(12)20(37)38/h3-18,23-34H,1-2H3,(H,35,36)(H,37,38)(H,39,40)(H,41,42)/t3-,4?,5?,6+,7+,8?,9?,10?,11-,12-,13-,14-,15?,16+,17+,18?,23+,24+,25+,26+/m0/s1. The Bertz CT molecular complexity index is 1250. The highest BCUT2D eigenvalue weighted by Gasteiger charge is 2.58. The third kappa shape index (κ3) is 8.09. The van der Waals surface area contributed by atoms with Crippen molar-refractivity contribution in [3.63, 3.8) is 0 Å². The molecule has 12 N–H and O–H groups in total. The fourth-order valence-electron chi connectivity index (χ4n) is 5.86. The molecule has 0 saturated carbocycles. The zero-order valence-electron chi connectivity index (χ0n) is 26.2. The Morgan fingerprint density at radius 2 is 0.608 bits per heavy atom. The van der Waals surface area contributed by atoms with E-state index in [0.717, 1.165) is 14.2 Å². The van der Waals surface area contributed by atoms with Gasteiger partial charge in [0.05, 0.1) is 0 Å². The maximum absolute atomic E-state index is 12.2. The summed E-state index contributed by atoms with van der Waals surface area (Å²) in [4.78, 5) is 47.8. The largest absolute Gasteiger partial charge is 0.479 e. The number of rotatable bonds is 12. The number of aliphatic carboxylic acids is 4. The Morgan fingerprint density at radius 3 is 0.863 bits per heavy atom. The van der Waals surface area contributed by atoms with Gasteiger partial charge in [-0.3, -0.25) is 0 Å². The summed E-state index contributed by atoms with van der Waals surface area (Å²) in [5, 5.41) is 123. The maximum atomic E-state index is 12.2. The lowest BCUT2D eigenvalue weighted by molar-refractivity contribution is -0.378. The second kappa shape index (κ2) is 16.5. The number of hydrogen-bond donors (Lipinski definition) is 12. The molecule has 51 heavy (non-hydrogen) atoms. The van der Waals surface area contributed by atoms with Crippen molar-refractivity contribution in [3.05, 3.63) is 0 Å². The lowest BCUT2D eigenvalue weighted by atomic mass is 9.95. The molecule has 4 aliphatic rings. The Morgan fingerprint density at radius 1 is 0.373 bits per heavy atom. The summed E-state index contributed by atoms with van der Waals surface area (Å²) in [5.41, 5.74) is 0. The van der Waals surface area contributed by atoms with Gasteiger partial charge < -0.3 is 104 Å². The molecule has 0 aliphatic carbocycles. The number of carboxylic acid groups (broad SMARTS) is 4. The molecule has 4 fully saturated rings. The molecular formula is C26H38O25. The highest BCUT2D eigenvalue weighted by atomic mass is 16.8. The van der Waals surface area contributed by atoms with Gasteiger partial charge >= 0.3 is 23.9 Å². The van der Waals surface area contributed by atoms with Gasteiger partial charge in [0.25, 0.3) is 0 Å². The predicted molar refractivity (Wildman–Crippen MR) is 146 cm³/mol. The van der Waals surface area contributed by atoms with Crippen molar-refractivity contribution >= 4 is 23.9 Å². The van der Waals surface area contributed by atoms with Crippen LogP contribution in [0.3, 0.4) is 0 Å². The molecule has 25 heteroatoms. The first-order valence-electron chi connectivity index (χ1n) is 14.9. The topological polar surface area (TPSA) is 394 Å². The lowest BCUT2D eigenvalue weighted by Crippen LogP contribution is -2.68. The molecule has 0 spiro atoms. The van der Waals surface area contributed by atoms with E-state index in [-0.39, 0.29) is 0 Å². The molecule has 0 radical (unpaired) electrons. The summed E-state index contributed by atoms with van der Waals surface area (Å²) in [6.07, 6.45) is -43.0.